The van der Waals surface area contributed by atoms with Crippen LogP contribution in [-0.4, -0.2) is 30.8 Å². The molecule has 0 aromatic rings. The summed E-state index contributed by atoms with van der Waals surface area (Å²) in [5, 5.41) is 11.8. The van der Waals surface area contributed by atoms with Crippen molar-refractivity contribution in [1.29, 1.82) is 0 Å². The summed E-state index contributed by atoms with van der Waals surface area (Å²) in [7, 11) is 0. The second-order valence-electron chi connectivity index (χ2n) is 2.95. The molecule has 1 fully saturated rings. The van der Waals surface area contributed by atoms with E-state index >= 15 is 0 Å². The summed E-state index contributed by atoms with van der Waals surface area (Å²) in [6, 6.07) is 0.312. The lowest BCUT2D eigenvalue weighted by Crippen LogP contribution is -2.28. The van der Waals surface area contributed by atoms with Crippen molar-refractivity contribution in [3.8, 4) is 0 Å². The average molecular weight is 144 g/mol. The lowest BCUT2D eigenvalue weighted by Gasteiger charge is -2.11. The van der Waals surface area contributed by atoms with E-state index in [9.17, 15) is 0 Å². The van der Waals surface area contributed by atoms with E-state index in [2.05, 4.69) is 5.32 Å². The highest BCUT2D eigenvalue weighted by Gasteiger charge is 2.22. The highest BCUT2D eigenvalue weighted by atomic mass is 16.2. The Morgan fingerprint density at radius 2 is 2.30 bits per heavy atom. The zero-order chi connectivity index (χ0) is 7.40. The second-order valence-corrected chi connectivity index (χ2v) is 2.95. The summed E-state index contributed by atoms with van der Waals surface area (Å²) >= 11 is 0. The lowest BCUT2D eigenvalue weighted by molar-refractivity contribution is 0.271. The van der Waals surface area contributed by atoms with E-state index in [4.69, 9.17) is 10.8 Å². The van der Waals surface area contributed by atoms with Crippen molar-refractivity contribution in [1.82, 2.24) is 5.32 Å². The third-order valence-corrected chi connectivity index (χ3v) is 2.13. The molecule has 0 spiro atoms. The van der Waals surface area contributed by atoms with Crippen LogP contribution in [0.3, 0.4) is 0 Å². The minimum Gasteiger partial charge on any atom is -0.396 e. The molecule has 1 aliphatic heterocycles. The zero-order valence-corrected chi connectivity index (χ0v) is 6.21. The Morgan fingerprint density at radius 1 is 1.50 bits per heavy atom. The number of nitrogens with two attached hydrogens (primary N) is 1. The molecule has 1 saturated heterocycles. The first-order valence-corrected chi connectivity index (χ1v) is 3.91. The Kier molecular flexibility index (Phi) is 3.12. The Morgan fingerprint density at radius 3 is 2.80 bits per heavy atom. The van der Waals surface area contributed by atoms with Crippen LogP contribution in [0.25, 0.3) is 0 Å². The SMILES string of the molecule is N[C@@H]1CNCC1CCCO. The molecule has 4 N–H and O–H groups in total. The van der Waals surface area contributed by atoms with Gasteiger partial charge >= 0.3 is 0 Å². The van der Waals surface area contributed by atoms with Crippen LogP contribution in [0.2, 0.25) is 0 Å². The molecule has 0 saturated carbocycles. The van der Waals surface area contributed by atoms with Crippen LogP contribution in [0.5, 0.6) is 0 Å². The monoisotopic (exact) mass is 144 g/mol. The van der Waals surface area contributed by atoms with E-state index in [0.29, 0.717) is 18.6 Å². The molecule has 1 rings (SSSR count). The van der Waals surface area contributed by atoms with Crippen LogP contribution in [0.15, 0.2) is 0 Å². The smallest absolute Gasteiger partial charge is 0.0431 e. The maximum atomic E-state index is 8.55. The molecule has 3 nitrogen and oxygen atoms in total. The van der Waals surface area contributed by atoms with Crippen molar-refractivity contribution in [3.05, 3.63) is 0 Å². The molecule has 1 unspecified atom stereocenters. The Hall–Kier alpha value is -0.120. The third kappa shape index (κ3) is 1.94. The van der Waals surface area contributed by atoms with Gasteiger partial charge in [-0.1, -0.05) is 0 Å². The number of rotatable bonds is 3. The predicted molar refractivity (Wildman–Crippen MR) is 40.7 cm³/mol. The van der Waals surface area contributed by atoms with Crippen LogP contribution >= 0.6 is 0 Å². The number of nitrogens with one attached hydrogen (secondary N) is 1. The highest BCUT2D eigenvalue weighted by molar-refractivity contribution is 4.83. The van der Waals surface area contributed by atoms with Gasteiger partial charge in [0.2, 0.25) is 0 Å². The van der Waals surface area contributed by atoms with Crippen LogP contribution in [0.1, 0.15) is 12.8 Å². The van der Waals surface area contributed by atoms with Crippen molar-refractivity contribution in [3.63, 3.8) is 0 Å². The van der Waals surface area contributed by atoms with Crippen molar-refractivity contribution in [2.45, 2.75) is 18.9 Å². The summed E-state index contributed by atoms with van der Waals surface area (Å²) in [6.07, 6.45) is 1.95. The molecule has 0 radical (unpaired) electrons. The van der Waals surface area contributed by atoms with Gasteiger partial charge in [-0.15, -0.1) is 0 Å². The van der Waals surface area contributed by atoms with E-state index in [1.165, 1.54) is 0 Å². The molecule has 1 heterocycles. The molecule has 0 aliphatic carbocycles. The summed E-state index contributed by atoms with van der Waals surface area (Å²) in [6.45, 7) is 2.26. The fraction of sp³-hybridized carbons (Fsp3) is 1.00. The lowest BCUT2D eigenvalue weighted by atomic mass is 9.99. The number of aliphatic hydroxyl groups excluding tert-OH is 1. The Balaban J connectivity index is 2.14. The molecule has 0 amide bonds. The molecular weight excluding hydrogens is 128 g/mol. The standard InChI is InChI=1S/C7H16N2O/c8-7-5-9-4-6(7)2-1-3-10/h6-7,9-10H,1-5,8H2/t6?,7-/m1/s1. The van der Waals surface area contributed by atoms with E-state index < -0.39 is 0 Å². The topological polar surface area (TPSA) is 58.3 Å². The molecule has 0 bridgehead atoms. The number of hydrogen-bond acceptors (Lipinski definition) is 3. The van der Waals surface area contributed by atoms with Crippen LogP contribution < -0.4 is 11.1 Å². The molecule has 10 heavy (non-hydrogen) atoms. The maximum absolute atomic E-state index is 8.55. The van der Waals surface area contributed by atoms with Gasteiger partial charge in [0, 0.05) is 19.2 Å². The Bertz CT molecular complexity index is 97.6. The van der Waals surface area contributed by atoms with Gasteiger partial charge in [-0.2, -0.15) is 0 Å². The number of hydrogen-bond donors (Lipinski definition) is 3. The molecule has 3 heteroatoms. The van der Waals surface area contributed by atoms with E-state index in [1.54, 1.807) is 0 Å². The minimum atomic E-state index is 0.295. The van der Waals surface area contributed by atoms with Crippen LogP contribution in [0.4, 0.5) is 0 Å². The zero-order valence-electron chi connectivity index (χ0n) is 6.21. The third-order valence-electron chi connectivity index (χ3n) is 2.13. The second kappa shape index (κ2) is 3.91. The molecule has 60 valence electrons. The highest BCUT2D eigenvalue weighted by Crippen LogP contribution is 2.12. The largest absolute Gasteiger partial charge is 0.396 e. The van der Waals surface area contributed by atoms with Gasteiger partial charge in [0.15, 0.2) is 0 Å². The van der Waals surface area contributed by atoms with Gasteiger partial charge in [0.1, 0.15) is 0 Å². The van der Waals surface area contributed by atoms with Gasteiger partial charge in [-0.3, -0.25) is 0 Å². The van der Waals surface area contributed by atoms with Gasteiger partial charge in [0.25, 0.3) is 0 Å². The molecule has 1 aliphatic rings. The number of aliphatic hydroxyl groups is 1. The van der Waals surface area contributed by atoms with Crippen molar-refractivity contribution < 1.29 is 5.11 Å². The first-order chi connectivity index (χ1) is 4.84. The first-order valence-electron chi connectivity index (χ1n) is 3.91. The fourth-order valence-corrected chi connectivity index (χ4v) is 1.42. The molecule has 0 aromatic heterocycles. The van der Waals surface area contributed by atoms with Crippen molar-refractivity contribution in [2.24, 2.45) is 11.7 Å². The van der Waals surface area contributed by atoms with E-state index in [1.807, 2.05) is 0 Å². The summed E-state index contributed by atoms with van der Waals surface area (Å²) in [5.41, 5.74) is 5.78. The summed E-state index contributed by atoms with van der Waals surface area (Å²) in [4.78, 5) is 0. The van der Waals surface area contributed by atoms with Crippen LogP contribution in [0, 0.1) is 5.92 Å². The normalized spacial score (nSPS) is 33.0. The summed E-state index contributed by atoms with van der Waals surface area (Å²) in [5.74, 6) is 0.590. The summed E-state index contributed by atoms with van der Waals surface area (Å²) < 4.78 is 0. The maximum Gasteiger partial charge on any atom is 0.0431 e. The molecular formula is C7H16N2O. The van der Waals surface area contributed by atoms with E-state index in [0.717, 1.165) is 25.9 Å². The quantitative estimate of drug-likeness (QED) is 0.491. The van der Waals surface area contributed by atoms with Gasteiger partial charge < -0.3 is 16.2 Å². The first kappa shape index (κ1) is 7.98. The van der Waals surface area contributed by atoms with Crippen molar-refractivity contribution >= 4 is 0 Å². The average Bonchev–Trinajstić information content (AvgIpc) is 2.31. The van der Waals surface area contributed by atoms with Gasteiger partial charge in [-0.05, 0) is 25.3 Å². The fourth-order valence-electron chi connectivity index (χ4n) is 1.42. The van der Waals surface area contributed by atoms with Gasteiger partial charge in [0.05, 0.1) is 0 Å². The van der Waals surface area contributed by atoms with Crippen LogP contribution in [-0.2, 0) is 0 Å². The van der Waals surface area contributed by atoms with Crippen molar-refractivity contribution in [2.75, 3.05) is 19.7 Å². The Labute approximate surface area is 61.6 Å². The minimum absolute atomic E-state index is 0.295. The molecule has 2 atom stereocenters. The molecule has 0 aromatic carbocycles. The predicted octanol–water partition coefficient (Wildman–Crippen LogP) is -0.694. The van der Waals surface area contributed by atoms with E-state index in [-0.39, 0.29) is 0 Å². The van der Waals surface area contributed by atoms with Gasteiger partial charge in [-0.25, -0.2) is 0 Å².